The van der Waals surface area contributed by atoms with E-state index in [1.54, 1.807) is 25.3 Å². The molecule has 184 valence electrons. The van der Waals surface area contributed by atoms with Crippen LogP contribution in [0.1, 0.15) is 51.8 Å². The molecular formula is C27H32N4O4. The Hall–Kier alpha value is -3.81. The van der Waals surface area contributed by atoms with Crippen molar-refractivity contribution in [3.63, 3.8) is 0 Å². The first-order valence-electron chi connectivity index (χ1n) is 11.9. The zero-order valence-electron chi connectivity index (χ0n) is 20.5. The number of aryl methyl sites for hydroxylation is 1. The summed E-state index contributed by atoms with van der Waals surface area (Å²) in [6.07, 6.45) is 3.12. The van der Waals surface area contributed by atoms with Gasteiger partial charge in [-0.25, -0.2) is 4.79 Å². The molecule has 35 heavy (non-hydrogen) atoms. The lowest BCUT2D eigenvalue weighted by Gasteiger charge is -2.32. The fourth-order valence-electron chi connectivity index (χ4n) is 4.37. The number of carbonyl (C=O) groups excluding carboxylic acids is 2. The number of methoxy groups -OCH3 is 1. The molecule has 1 fully saturated rings. The summed E-state index contributed by atoms with van der Waals surface area (Å²) >= 11 is 0. The Bertz CT molecular complexity index is 1140. The maximum atomic E-state index is 13.2. The molecule has 1 N–H and O–H groups in total. The number of amides is 3. The van der Waals surface area contributed by atoms with Gasteiger partial charge in [0.05, 0.1) is 31.2 Å². The topological polar surface area (TPSA) is 87.9 Å². The molecule has 1 aliphatic heterocycles. The lowest BCUT2D eigenvalue weighted by Crippen LogP contribution is -2.44. The number of pyridine rings is 1. The monoisotopic (exact) mass is 476 g/mol. The fourth-order valence-corrected chi connectivity index (χ4v) is 4.37. The van der Waals surface area contributed by atoms with Gasteiger partial charge in [-0.2, -0.15) is 0 Å². The largest absolute Gasteiger partial charge is 0.497 e. The van der Waals surface area contributed by atoms with Crippen LogP contribution in [0, 0.1) is 6.92 Å². The highest BCUT2D eigenvalue weighted by Crippen LogP contribution is 2.30. The number of hydrogen-bond donors (Lipinski definition) is 1. The Morgan fingerprint density at radius 3 is 2.54 bits per heavy atom. The van der Waals surface area contributed by atoms with Crippen molar-refractivity contribution in [3.05, 3.63) is 83.1 Å². The molecule has 0 bridgehead atoms. The van der Waals surface area contributed by atoms with Gasteiger partial charge in [-0.05, 0) is 61.7 Å². The first-order chi connectivity index (χ1) is 16.9. The standard InChI is InChI=1S/C27H32N4O4/c1-19-6-11-24(26(32)30(2)18-23-5-4-16-35-23)25(29-19)21-12-14-31(15-13-21)27(33)28-17-20-7-9-22(34-3)10-8-20/h4-11,16,21H,12-15,17-18H2,1-3H3,(H,28,33). The molecule has 4 rings (SSSR count). The van der Waals surface area contributed by atoms with E-state index < -0.39 is 0 Å². The summed E-state index contributed by atoms with van der Waals surface area (Å²) in [5, 5.41) is 3.00. The van der Waals surface area contributed by atoms with Gasteiger partial charge < -0.3 is 24.3 Å². The van der Waals surface area contributed by atoms with Gasteiger partial charge in [-0.3, -0.25) is 9.78 Å². The van der Waals surface area contributed by atoms with Crippen LogP contribution in [0.2, 0.25) is 0 Å². The SMILES string of the molecule is COc1ccc(CNC(=O)N2CCC(c3nc(C)ccc3C(=O)N(C)Cc3ccco3)CC2)cc1. The first-order valence-corrected chi connectivity index (χ1v) is 11.9. The van der Waals surface area contributed by atoms with E-state index in [1.807, 2.05) is 60.4 Å². The van der Waals surface area contributed by atoms with Crippen LogP contribution >= 0.6 is 0 Å². The summed E-state index contributed by atoms with van der Waals surface area (Å²) in [5.74, 6) is 1.56. The summed E-state index contributed by atoms with van der Waals surface area (Å²) in [6, 6.07) is 15.0. The van der Waals surface area contributed by atoms with Gasteiger partial charge in [-0.15, -0.1) is 0 Å². The third-order valence-electron chi connectivity index (χ3n) is 6.39. The summed E-state index contributed by atoms with van der Waals surface area (Å²) in [7, 11) is 3.40. The average Bonchev–Trinajstić information content (AvgIpc) is 3.40. The number of carbonyl (C=O) groups is 2. The predicted molar refractivity (Wildman–Crippen MR) is 132 cm³/mol. The van der Waals surface area contributed by atoms with Gasteiger partial charge in [0.15, 0.2) is 0 Å². The summed E-state index contributed by atoms with van der Waals surface area (Å²) in [4.78, 5) is 34.2. The van der Waals surface area contributed by atoms with Crippen molar-refractivity contribution < 1.29 is 18.7 Å². The Morgan fingerprint density at radius 1 is 1.14 bits per heavy atom. The molecule has 8 nitrogen and oxygen atoms in total. The molecule has 2 aromatic heterocycles. The highest BCUT2D eigenvalue weighted by atomic mass is 16.5. The summed E-state index contributed by atoms with van der Waals surface area (Å²) in [6.45, 7) is 4.02. The Kier molecular flexibility index (Phi) is 7.70. The molecule has 0 spiro atoms. The number of rotatable bonds is 7. The number of benzene rings is 1. The zero-order valence-corrected chi connectivity index (χ0v) is 20.5. The normalized spacial score (nSPS) is 14.0. The molecule has 0 saturated carbocycles. The Morgan fingerprint density at radius 2 is 1.89 bits per heavy atom. The Balaban J connectivity index is 1.36. The number of hydrogen-bond acceptors (Lipinski definition) is 5. The maximum Gasteiger partial charge on any atom is 0.317 e. The molecule has 1 saturated heterocycles. The number of furan rings is 1. The number of likely N-dealkylation sites (tertiary alicyclic amines) is 1. The van der Waals surface area contributed by atoms with E-state index in [0.717, 1.165) is 41.3 Å². The van der Waals surface area contributed by atoms with Gasteiger partial charge >= 0.3 is 6.03 Å². The van der Waals surface area contributed by atoms with Crippen LogP contribution in [-0.2, 0) is 13.1 Å². The fraction of sp³-hybridized carbons (Fsp3) is 0.370. The number of nitrogens with one attached hydrogen (secondary N) is 1. The van der Waals surface area contributed by atoms with Crippen molar-refractivity contribution >= 4 is 11.9 Å². The second kappa shape index (κ2) is 11.1. The smallest absolute Gasteiger partial charge is 0.317 e. The molecule has 8 heteroatoms. The van der Waals surface area contributed by atoms with Gasteiger partial charge in [-0.1, -0.05) is 12.1 Å². The van der Waals surface area contributed by atoms with Crippen molar-refractivity contribution in [1.29, 1.82) is 0 Å². The van der Waals surface area contributed by atoms with E-state index in [1.165, 1.54) is 0 Å². The minimum atomic E-state index is -0.0800. The minimum Gasteiger partial charge on any atom is -0.497 e. The molecule has 0 atom stereocenters. The van der Waals surface area contributed by atoms with Crippen LogP contribution in [-0.4, -0.2) is 54.0 Å². The number of aromatic nitrogens is 1. The highest BCUT2D eigenvalue weighted by Gasteiger charge is 2.29. The first kappa shape index (κ1) is 24.3. The second-order valence-corrected chi connectivity index (χ2v) is 8.89. The van der Waals surface area contributed by atoms with E-state index in [4.69, 9.17) is 14.1 Å². The lowest BCUT2D eigenvalue weighted by atomic mass is 9.90. The molecule has 3 amide bonds. The number of ether oxygens (including phenoxy) is 1. The second-order valence-electron chi connectivity index (χ2n) is 8.89. The van der Waals surface area contributed by atoms with Crippen molar-refractivity contribution in [2.45, 2.75) is 38.8 Å². The van der Waals surface area contributed by atoms with Gasteiger partial charge in [0.1, 0.15) is 11.5 Å². The summed E-state index contributed by atoms with van der Waals surface area (Å²) < 4.78 is 10.6. The highest BCUT2D eigenvalue weighted by molar-refractivity contribution is 5.95. The van der Waals surface area contributed by atoms with E-state index in [9.17, 15) is 9.59 Å². The molecule has 0 aliphatic carbocycles. The minimum absolute atomic E-state index is 0.0778. The average molecular weight is 477 g/mol. The van der Waals surface area contributed by atoms with Gasteiger partial charge in [0, 0.05) is 38.3 Å². The van der Waals surface area contributed by atoms with Crippen LogP contribution in [0.5, 0.6) is 5.75 Å². The molecule has 1 aliphatic rings. The third-order valence-corrected chi connectivity index (χ3v) is 6.39. The Labute approximate surface area is 205 Å². The van der Waals surface area contributed by atoms with Gasteiger partial charge in [0.2, 0.25) is 0 Å². The number of piperidine rings is 1. The van der Waals surface area contributed by atoms with Crippen molar-refractivity contribution in [1.82, 2.24) is 20.1 Å². The van der Waals surface area contributed by atoms with Crippen LogP contribution in [0.3, 0.4) is 0 Å². The van der Waals surface area contributed by atoms with E-state index >= 15 is 0 Å². The quantitative estimate of drug-likeness (QED) is 0.548. The van der Waals surface area contributed by atoms with Crippen LogP contribution < -0.4 is 10.1 Å². The predicted octanol–water partition coefficient (Wildman–Crippen LogP) is 4.35. The number of urea groups is 1. The molecule has 0 unspecified atom stereocenters. The lowest BCUT2D eigenvalue weighted by molar-refractivity contribution is 0.0772. The molecule has 1 aromatic carbocycles. The molecule has 3 aromatic rings. The van der Waals surface area contributed by atoms with Crippen LogP contribution in [0.4, 0.5) is 4.79 Å². The third kappa shape index (κ3) is 6.01. The number of nitrogens with zero attached hydrogens (tertiary/aromatic N) is 3. The van der Waals surface area contributed by atoms with Crippen molar-refractivity contribution in [2.24, 2.45) is 0 Å². The van der Waals surface area contributed by atoms with Gasteiger partial charge in [0.25, 0.3) is 5.91 Å². The van der Waals surface area contributed by atoms with Crippen molar-refractivity contribution in [3.8, 4) is 5.75 Å². The molecule has 0 radical (unpaired) electrons. The molecule has 3 heterocycles. The van der Waals surface area contributed by atoms with Crippen molar-refractivity contribution in [2.75, 3.05) is 27.2 Å². The van der Waals surface area contributed by atoms with Crippen LogP contribution in [0.25, 0.3) is 0 Å². The summed E-state index contributed by atoms with van der Waals surface area (Å²) in [5.41, 5.74) is 3.33. The zero-order chi connectivity index (χ0) is 24.8. The molecular weight excluding hydrogens is 444 g/mol. The van der Waals surface area contributed by atoms with E-state index in [2.05, 4.69) is 5.32 Å². The van der Waals surface area contributed by atoms with E-state index in [0.29, 0.717) is 31.7 Å². The van der Waals surface area contributed by atoms with Crippen LogP contribution in [0.15, 0.2) is 59.2 Å². The maximum absolute atomic E-state index is 13.2. The van der Waals surface area contributed by atoms with E-state index in [-0.39, 0.29) is 17.9 Å².